The van der Waals surface area contributed by atoms with Gasteiger partial charge in [0, 0.05) is 0 Å². The average molecular weight is 342 g/mol. The first-order valence-electron chi connectivity index (χ1n) is 8.65. The quantitative estimate of drug-likeness (QED) is 0.259. The summed E-state index contributed by atoms with van der Waals surface area (Å²) in [6.07, 6.45) is 12.2. The van der Waals surface area contributed by atoms with Crippen LogP contribution in [0, 0.1) is 0 Å². The summed E-state index contributed by atoms with van der Waals surface area (Å²) in [5.41, 5.74) is 2.67. The summed E-state index contributed by atoms with van der Waals surface area (Å²) in [4.78, 5) is 9.48. The van der Waals surface area contributed by atoms with E-state index in [1.165, 1.54) is 62.5 Å². The lowest BCUT2D eigenvalue weighted by atomic mass is 9.96. The molecular weight excluding hydrogens is 311 g/mol. The zero-order valence-electron chi connectivity index (χ0n) is 14.1. The molecule has 4 heteroatoms. The van der Waals surface area contributed by atoms with Crippen molar-refractivity contribution in [3.63, 3.8) is 0 Å². The molecule has 0 heterocycles. The van der Waals surface area contributed by atoms with Crippen molar-refractivity contribution in [2.24, 2.45) is 0 Å². The van der Waals surface area contributed by atoms with E-state index in [4.69, 9.17) is 4.52 Å². The van der Waals surface area contributed by atoms with Crippen LogP contribution < -0.4 is 4.52 Å². The number of hydrogen-bond acceptors (Lipinski definition) is 3. The molecule has 1 aromatic rings. The lowest BCUT2D eigenvalue weighted by Gasteiger charge is -2.16. The van der Waals surface area contributed by atoms with Gasteiger partial charge in [-0.05, 0) is 42.9 Å². The molecule has 126 valence electrons. The maximum Gasteiger partial charge on any atom is 0.292 e. The van der Waals surface area contributed by atoms with E-state index in [1.54, 1.807) is 0 Å². The summed E-state index contributed by atoms with van der Waals surface area (Å²) in [6.45, 7) is 4.47. The van der Waals surface area contributed by atoms with E-state index < -0.39 is 7.58 Å². The summed E-state index contributed by atoms with van der Waals surface area (Å²) in [5, 5.41) is 0. The molecule has 2 nitrogen and oxygen atoms in total. The minimum absolute atomic E-state index is 0.827. The maximum absolute atomic E-state index is 9.48. The van der Waals surface area contributed by atoms with Crippen molar-refractivity contribution in [3.05, 3.63) is 29.3 Å². The number of hydrogen-bond donors (Lipinski definition) is 2. The van der Waals surface area contributed by atoms with Crippen LogP contribution in [0.4, 0.5) is 0 Å². The Hall–Kier alpha value is -0.240. The topological polar surface area (TPSA) is 29.5 Å². The molecule has 0 spiro atoms. The Morgan fingerprint density at radius 3 is 2.18 bits per heavy atom. The number of thiol groups is 1. The smallest absolute Gasteiger partial charge is 0.292 e. The largest absolute Gasteiger partial charge is 0.440 e. The van der Waals surface area contributed by atoms with Crippen molar-refractivity contribution in [2.45, 2.75) is 78.1 Å². The molecule has 0 amide bonds. The Labute approximate surface area is 142 Å². The van der Waals surface area contributed by atoms with Gasteiger partial charge in [0.05, 0.1) is 0 Å². The van der Waals surface area contributed by atoms with E-state index in [-0.39, 0.29) is 0 Å². The zero-order valence-corrected chi connectivity index (χ0v) is 15.8. The number of aryl methyl sites for hydroxylation is 1. The minimum atomic E-state index is -1.65. The number of unbranched alkanes of at least 4 members (excludes halogenated alkanes) is 6. The van der Waals surface area contributed by atoms with Gasteiger partial charge < -0.3 is 9.42 Å². The molecule has 0 bridgehead atoms. The van der Waals surface area contributed by atoms with E-state index in [0.29, 0.717) is 0 Å². The van der Waals surface area contributed by atoms with E-state index >= 15 is 0 Å². The molecule has 22 heavy (non-hydrogen) atoms. The lowest BCUT2D eigenvalue weighted by Crippen LogP contribution is -1.99. The van der Waals surface area contributed by atoms with Crippen LogP contribution in [0.5, 0.6) is 5.75 Å². The van der Waals surface area contributed by atoms with Gasteiger partial charge in [-0.15, -0.1) is 0 Å². The van der Waals surface area contributed by atoms with Crippen LogP contribution in [0.15, 0.2) is 18.2 Å². The fourth-order valence-corrected chi connectivity index (χ4v) is 3.38. The molecule has 0 aliphatic rings. The van der Waals surface area contributed by atoms with Crippen molar-refractivity contribution in [3.8, 4) is 5.75 Å². The third-order valence-electron chi connectivity index (χ3n) is 3.99. The standard InChI is InChI=1S/C18H31O2PS/c1-3-5-7-9-12-16-13-11-15-18(20-21(19)22)17(16)14-10-8-6-4-2/h11,13,15,19,22H,3-10,12,14H2,1-2H3. The SMILES string of the molecule is CCCCCCc1cccc(OP(O)S)c1CCCCCC. The Balaban J connectivity index is 2.73. The van der Waals surface area contributed by atoms with Crippen LogP contribution in [0.1, 0.15) is 76.3 Å². The van der Waals surface area contributed by atoms with Gasteiger partial charge in [-0.2, -0.15) is 0 Å². The van der Waals surface area contributed by atoms with Gasteiger partial charge in [0.1, 0.15) is 5.75 Å². The fraction of sp³-hybridized carbons (Fsp3) is 0.667. The van der Waals surface area contributed by atoms with Crippen LogP contribution in [-0.2, 0) is 12.8 Å². The summed E-state index contributed by atoms with van der Waals surface area (Å²) >= 11 is 4.01. The molecule has 0 aliphatic heterocycles. The second kappa shape index (κ2) is 12.2. The Morgan fingerprint density at radius 1 is 0.955 bits per heavy atom. The van der Waals surface area contributed by atoms with Gasteiger partial charge >= 0.3 is 0 Å². The fourth-order valence-electron chi connectivity index (χ4n) is 2.77. The monoisotopic (exact) mass is 342 g/mol. The highest BCUT2D eigenvalue weighted by atomic mass is 32.7. The summed E-state index contributed by atoms with van der Waals surface area (Å²) in [7, 11) is -1.65. The first kappa shape index (κ1) is 19.8. The summed E-state index contributed by atoms with van der Waals surface area (Å²) < 4.78 is 5.56. The second-order valence-corrected chi connectivity index (χ2v) is 7.57. The Bertz CT molecular complexity index is 410. The van der Waals surface area contributed by atoms with E-state index in [1.807, 2.05) is 12.1 Å². The normalized spacial score (nSPS) is 12.4. The van der Waals surface area contributed by atoms with Crippen LogP contribution in [0.3, 0.4) is 0 Å². The summed E-state index contributed by atoms with van der Waals surface area (Å²) in [5.74, 6) is 0.827. The van der Waals surface area contributed by atoms with E-state index in [0.717, 1.165) is 18.6 Å². The second-order valence-electron chi connectivity index (χ2n) is 5.86. The van der Waals surface area contributed by atoms with Gasteiger partial charge in [0.15, 0.2) is 0 Å². The molecule has 1 atom stereocenters. The number of benzene rings is 1. The van der Waals surface area contributed by atoms with Gasteiger partial charge in [-0.3, -0.25) is 0 Å². The van der Waals surface area contributed by atoms with E-state index in [9.17, 15) is 4.89 Å². The first-order chi connectivity index (χ1) is 10.7. The highest BCUT2D eigenvalue weighted by Gasteiger charge is 2.12. The molecule has 1 unspecified atom stereocenters. The van der Waals surface area contributed by atoms with E-state index in [2.05, 4.69) is 32.2 Å². The average Bonchev–Trinajstić information content (AvgIpc) is 2.49. The highest BCUT2D eigenvalue weighted by molar-refractivity contribution is 8.41. The van der Waals surface area contributed by atoms with Crippen LogP contribution in [0.2, 0.25) is 0 Å². The number of rotatable bonds is 12. The van der Waals surface area contributed by atoms with Crippen molar-refractivity contribution in [1.82, 2.24) is 0 Å². The molecule has 0 saturated heterocycles. The molecule has 0 radical (unpaired) electrons. The van der Waals surface area contributed by atoms with Gasteiger partial charge in [-0.1, -0.05) is 76.8 Å². The highest BCUT2D eigenvalue weighted by Crippen LogP contribution is 2.40. The third kappa shape index (κ3) is 7.85. The van der Waals surface area contributed by atoms with Crippen LogP contribution in [-0.4, -0.2) is 4.89 Å². The molecule has 0 aromatic heterocycles. The van der Waals surface area contributed by atoms with Crippen LogP contribution >= 0.6 is 19.8 Å². The summed E-state index contributed by atoms with van der Waals surface area (Å²) in [6, 6.07) is 6.21. The first-order valence-corrected chi connectivity index (χ1v) is 11.0. The molecule has 1 N–H and O–H groups in total. The maximum atomic E-state index is 9.48. The van der Waals surface area contributed by atoms with Crippen molar-refractivity contribution in [1.29, 1.82) is 0 Å². The predicted octanol–water partition coefficient (Wildman–Crippen LogP) is 6.46. The van der Waals surface area contributed by atoms with Gasteiger partial charge in [-0.25, -0.2) is 0 Å². The molecule has 0 saturated carbocycles. The Kier molecular flexibility index (Phi) is 11.0. The Morgan fingerprint density at radius 2 is 1.59 bits per heavy atom. The lowest BCUT2D eigenvalue weighted by molar-refractivity contribution is 0.501. The minimum Gasteiger partial charge on any atom is -0.440 e. The molecular formula is C18H31O2PS. The third-order valence-corrected chi connectivity index (χ3v) is 4.59. The molecule has 1 rings (SSSR count). The molecule has 1 aromatic carbocycles. The predicted molar refractivity (Wildman–Crippen MR) is 101 cm³/mol. The molecule has 0 aliphatic carbocycles. The van der Waals surface area contributed by atoms with Crippen molar-refractivity contribution < 1.29 is 9.42 Å². The van der Waals surface area contributed by atoms with Crippen LogP contribution in [0.25, 0.3) is 0 Å². The zero-order chi connectivity index (χ0) is 16.2. The van der Waals surface area contributed by atoms with Crippen molar-refractivity contribution in [2.75, 3.05) is 0 Å². The van der Waals surface area contributed by atoms with Crippen molar-refractivity contribution >= 4 is 19.8 Å². The van der Waals surface area contributed by atoms with Gasteiger partial charge in [0.25, 0.3) is 7.58 Å². The van der Waals surface area contributed by atoms with Gasteiger partial charge in [0.2, 0.25) is 0 Å². The molecule has 0 fully saturated rings.